The van der Waals surface area contributed by atoms with Crippen molar-refractivity contribution in [3.63, 3.8) is 0 Å². The van der Waals surface area contributed by atoms with Gasteiger partial charge in [-0.25, -0.2) is 4.98 Å². The van der Waals surface area contributed by atoms with E-state index in [9.17, 15) is 4.79 Å². The van der Waals surface area contributed by atoms with Gasteiger partial charge in [0.15, 0.2) is 17.0 Å². The zero-order chi connectivity index (χ0) is 26.6. The van der Waals surface area contributed by atoms with Crippen molar-refractivity contribution in [2.45, 2.75) is 38.3 Å². The third kappa shape index (κ3) is 5.43. The molecule has 4 aromatic rings. The molecule has 0 spiro atoms. The largest absolute Gasteiger partial charge is 0.372 e. The lowest BCUT2D eigenvalue weighted by atomic mass is 10.1. The van der Waals surface area contributed by atoms with Gasteiger partial charge in [-0.2, -0.15) is 9.97 Å². The quantitative estimate of drug-likeness (QED) is 0.310. The van der Waals surface area contributed by atoms with Gasteiger partial charge >= 0.3 is 0 Å². The first-order valence-corrected chi connectivity index (χ1v) is 13.7. The van der Waals surface area contributed by atoms with E-state index in [1.54, 1.807) is 0 Å². The summed E-state index contributed by atoms with van der Waals surface area (Å²) < 4.78 is 2.08. The van der Waals surface area contributed by atoms with Gasteiger partial charge < -0.3 is 25.0 Å². The van der Waals surface area contributed by atoms with E-state index in [2.05, 4.69) is 63.1 Å². The summed E-state index contributed by atoms with van der Waals surface area (Å²) in [6.07, 6.45) is 7.85. The number of nitrogens with one attached hydrogen (secondary N) is 2. The number of carbonyl (C=O) groups is 1. The van der Waals surface area contributed by atoms with Crippen molar-refractivity contribution in [3.05, 3.63) is 79.1 Å². The van der Waals surface area contributed by atoms with Gasteiger partial charge in [0, 0.05) is 44.1 Å². The fourth-order valence-electron chi connectivity index (χ4n) is 5.48. The number of fused-ring (bicyclic) bond motifs is 1. The Balaban J connectivity index is 1.29. The Kier molecular flexibility index (Phi) is 7.12. The van der Waals surface area contributed by atoms with Crippen LogP contribution in [0.3, 0.4) is 0 Å². The van der Waals surface area contributed by atoms with Gasteiger partial charge in [-0.15, -0.1) is 0 Å². The summed E-state index contributed by atoms with van der Waals surface area (Å²) in [5, 5.41) is 6.88. The second-order valence-electron chi connectivity index (χ2n) is 10.2. The van der Waals surface area contributed by atoms with Gasteiger partial charge in [0.2, 0.25) is 11.9 Å². The molecule has 2 aliphatic rings. The first kappa shape index (κ1) is 24.9. The molecule has 9 nitrogen and oxygen atoms in total. The SMILES string of the molecule is C=CC(=O)N1CCC(n2cnc3c(NCc4ccccc4)nc(Nc4ccc(N5CCCCC5)cc4)nc32)C1. The molecule has 2 aromatic heterocycles. The number of likely N-dealkylation sites (tertiary alicyclic amines) is 1. The van der Waals surface area contributed by atoms with Crippen LogP contribution in [0.1, 0.15) is 37.3 Å². The average molecular weight is 523 g/mol. The molecule has 2 saturated heterocycles. The molecule has 0 radical (unpaired) electrons. The number of rotatable bonds is 8. The molecule has 0 bridgehead atoms. The molecule has 6 rings (SSSR count). The van der Waals surface area contributed by atoms with Gasteiger partial charge in [0.1, 0.15) is 0 Å². The van der Waals surface area contributed by atoms with Crippen molar-refractivity contribution in [1.82, 2.24) is 24.4 Å². The minimum atomic E-state index is -0.0443. The van der Waals surface area contributed by atoms with Crippen LogP contribution in [0.15, 0.2) is 73.6 Å². The van der Waals surface area contributed by atoms with Gasteiger partial charge in [-0.05, 0) is 61.6 Å². The Morgan fingerprint density at radius 2 is 1.79 bits per heavy atom. The predicted molar refractivity (Wildman–Crippen MR) is 155 cm³/mol. The van der Waals surface area contributed by atoms with E-state index < -0.39 is 0 Å². The van der Waals surface area contributed by atoms with Gasteiger partial charge in [0.05, 0.1) is 12.4 Å². The number of anilines is 4. The molecule has 4 heterocycles. The highest BCUT2D eigenvalue weighted by molar-refractivity contribution is 5.87. The molecule has 1 atom stereocenters. The Labute approximate surface area is 228 Å². The summed E-state index contributed by atoms with van der Waals surface area (Å²) in [7, 11) is 0. The van der Waals surface area contributed by atoms with Gasteiger partial charge in [0.25, 0.3) is 0 Å². The summed E-state index contributed by atoms with van der Waals surface area (Å²) in [5.74, 6) is 1.13. The highest BCUT2D eigenvalue weighted by Crippen LogP contribution is 2.30. The van der Waals surface area contributed by atoms with Crippen LogP contribution in [0.2, 0.25) is 0 Å². The first-order chi connectivity index (χ1) is 19.2. The molecule has 2 fully saturated rings. The minimum absolute atomic E-state index is 0.0443. The van der Waals surface area contributed by atoms with E-state index in [-0.39, 0.29) is 11.9 Å². The molecule has 0 saturated carbocycles. The van der Waals surface area contributed by atoms with Crippen molar-refractivity contribution in [2.24, 2.45) is 0 Å². The van der Waals surface area contributed by atoms with Crippen molar-refractivity contribution in [1.29, 1.82) is 0 Å². The third-order valence-electron chi connectivity index (χ3n) is 7.61. The number of nitrogens with zero attached hydrogens (tertiary/aromatic N) is 6. The van der Waals surface area contributed by atoms with E-state index in [1.807, 2.05) is 29.4 Å². The molecule has 1 amide bonds. The number of piperidine rings is 1. The Morgan fingerprint density at radius 1 is 1.00 bits per heavy atom. The summed E-state index contributed by atoms with van der Waals surface area (Å²) >= 11 is 0. The van der Waals surface area contributed by atoms with Crippen molar-refractivity contribution >= 4 is 40.2 Å². The summed E-state index contributed by atoms with van der Waals surface area (Å²) in [6.45, 7) is 7.78. The maximum atomic E-state index is 12.2. The molecular weight excluding hydrogens is 488 g/mol. The standard InChI is InChI=1S/C30H34N8O/c1-2-26(39)37-18-15-25(20-37)38-21-32-27-28(31-19-22-9-5-3-6-10-22)34-30(35-29(27)38)33-23-11-13-24(14-12-23)36-16-7-4-8-17-36/h2-3,5-6,9-14,21,25H,1,4,7-8,15-20H2,(H2,31,33,34,35). The maximum absolute atomic E-state index is 12.2. The smallest absolute Gasteiger partial charge is 0.246 e. The fraction of sp³-hybridized carbons (Fsp3) is 0.333. The zero-order valence-corrected chi connectivity index (χ0v) is 22.1. The second kappa shape index (κ2) is 11.1. The molecule has 1 unspecified atom stereocenters. The first-order valence-electron chi connectivity index (χ1n) is 13.7. The molecule has 9 heteroatoms. The zero-order valence-electron chi connectivity index (χ0n) is 22.1. The molecule has 0 aliphatic carbocycles. The van der Waals surface area contributed by atoms with Crippen LogP contribution in [0.4, 0.5) is 23.1 Å². The highest BCUT2D eigenvalue weighted by atomic mass is 16.2. The Hall–Kier alpha value is -4.40. The topological polar surface area (TPSA) is 91.2 Å². The number of benzene rings is 2. The molecule has 39 heavy (non-hydrogen) atoms. The van der Waals surface area contributed by atoms with Crippen LogP contribution < -0.4 is 15.5 Å². The summed E-state index contributed by atoms with van der Waals surface area (Å²) in [4.78, 5) is 30.9. The van der Waals surface area contributed by atoms with Crippen molar-refractivity contribution in [3.8, 4) is 0 Å². The van der Waals surface area contributed by atoms with Crippen LogP contribution in [-0.2, 0) is 11.3 Å². The number of aromatic nitrogens is 4. The van der Waals surface area contributed by atoms with Crippen LogP contribution in [0, 0.1) is 0 Å². The summed E-state index contributed by atoms with van der Waals surface area (Å²) in [5.41, 5.74) is 4.79. The lowest BCUT2D eigenvalue weighted by Crippen LogP contribution is -2.29. The van der Waals surface area contributed by atoms with E-state index in [4.69, 9.17) is 15.0 Å². The van der Waals surface area contributed by atoms with Crippen LogP contribution >= 0.6 is 0 Å². The van der Waals surface area contributed by atoms with E-state index in [0.717, 1.165) is 36.4 Å². The van der Waals surface area contributed by atoms with Crippen LogP contribution in [0.5, 0.6) is 0 Å². The lowest BCUT2D eigenvalue weighted by molar-refractivity contribution is -0.125. The van der Waals surface area contributed by atoms with Gasteiger partial charge in [-0.1, -0.05) is 36.9 Å². The number of hydrogen-bond acceptors (Lipinski definition) is 7. The monoisotopic (exact) mass is 522 g/mol. The number of carbonyl (C=O) groups excluding carboxylic acids is 1. The Morgan fingerprint density at radius 3 is 2.56 bits per heavy atom. The van der Waals surface area contributed by atoms with Crippen LogP contribution in [0.25, 0.3) is 11.2 Å². The molecular formula is C30H34N8O. The Bertz CT molecular complexity index is 1440. The van der Waals surface area contributed by atoms with Crippen LogP contribution in [-0.4, -0.2) is 56.5 Å². The lowest BCUT2D eigenvalue weighted by Gasteiger charge is -2.28. The number of amides is 1. The van der Waals surface area contributed by atoms with E-state index in [0.29, 0.717) is 36.9 Å². The number of hydrogen-bond donors (Lipinski definition) is 2. The van der Waals surface area contributed by atoms with E-state index in [1.165, 1.54) is 31.0 Å². The fourth-order valence-corrected chi connectivity index (χ4v) is 5.48. The van der Waals surface area contributed by atoms with Crippen molar-refractivity contribution < 1.29 is 4.79 Å². The minimum Gasteiger partial charge on any atom is -0.372 e. The normalized spacial score (nSPS) is 17.4. The van der Waals surface area contributed by atoms with Gasteiger partial charge in [-0.3, -0.25) is 4.79 Å². The molecule has 2 aromatic carbocycles. The molecule has 2 N–H and O–H groups in total. The second-order valence-corrected chi connectivity index (χ2v) is 10.2. The summed E-state index contributed by atoms with van der Waals surface area (Å²) in [6, 6.07) is 18.8. The average Bonchev–Trinajstić information content (AvgIpc) is 3.65. The van der Waals surface area contributed by atoms with Crippen molar-refractivity contribution in [2.75, 3.05) is 41.7 Å². The molecule has 2 aliphatic heterocycles. The third-order valence-corrected chi connectivity index (χ3v) is 7.61. The number of imidazole rings is 1. The predicted octanol–water partition coefficient (Wildman–Crippen LogP) is 5.13. The molecule has 200 valence electrons. The van der Waals surface area contributed by atoms with E-state index >= 15 is 0 Å². The maximum Gasteiger partial charge on any atom is 0.246 e. The highest BCUT2D eigenvalue weighted by Gasteiger charge is 2.28.